The SMILES string of the molecule is COC1CCCN(Cc2ccc(F)c(C)c2)CC1. The molecule has 2 rings (SSSR count). The van der Waals surface area contributed by atoms with Crippen LogP contribution in [0.5, 0.6) is 0 Å². The molecule has 1 fully saturated rings. The van der Waals surface area contributed by atoms with Crippen molar-refractivity contribution in [2.75, 3.05) is 20.2 Å². The van der Waals surface area contributed by atoms with E-state index in [1.807, 2.05) is 19.1 Å². The minimum absolute atomic E-state index is 0.117. The molecule has 1 saturated heterocycles. The highest BCUT2D eigenvalue weighted by Gasteiger charge is 2.16. The number of hydrogen-bond acceptors (Lipinski definition) is 2. The summed E-state index contributed by atoms with van der Waals surface area (Å²) in [5, 5.41) is 0. The zero-order chi connectivity index (χ0) is 13.0. The molecule has 1 unspecified atom stereocenters. The molecule has 0 spiro atoms. The second-order valence-electron chi connectivity index (χ2n) is 5.15. The average molecular weight is 251 g/mol. The molecule has 0 aliphatic carbocycles. The van der Waals surface area contributed by atoms with E-state index in [0.717, 1.165) is 38.0 Å². The van der Waals surface area contributed by atoms with Gasteiger partial charge in [0.2, 0.25) is 0 Å². The summed E-state index contributed by atoms with van der Waals surface area (Å²) in [6.45, 7) is 4.91. The number of hydrogen-bond donors (Lipinski definition) is 0. The number of aryl methyl sites for hydroxylation is 1. The molecule has 1 atom stereocenters. The van der Waals surface area contributed by atoms with Crippen molar-refractivity contribution >= 4 is 0 Å². The van der Waals surface area contributed by atoms with Crippen LogP contribution in [0.3, 0.4) is 0 Å². The van der Waals surface area contributed by atoms with E-state index in [9.17, 15) is 4.39 Å². The number of likely N-dealkylation sites (tertiary alicyclic amines) is 1. The summed E-state index contributed by atoms with van der Waals surface area (Å²) in [6.07, 6.45) is 3.83. The second-order valence-corrected chi connectivity index (χ2v) is 5.15. The van der Waals surface area contributed by atoms with Crippen LogP contribution >= 0.6 is 0 Å². The molecule has 1 aliphatic rings. The lowest BCUT2D eigenvalue weighted by Gasteiger charge is -2.20. The molecule has 0 N–H and O–H groups in total. The topological polar surface area (TPSA) is 12.5 Å². The van der Waals surface area contributed by atoms with Crippen molar-refractivity contribution in [3.05, 3.63) is 35.1 Å². The Morgan fingerprint density at radius 3 is 2.89 bits per heavy atom. The predicted molar refractivity (Wildman–Crippen MR) is 71.1 cm³/mol. The summed E-state index contributed by atoms with van der Waals surface area (Å²) < 4.78 is 18.6. The quantitative estimate of drug-likeness (QED) is 0.818. The van der Waals surface area contributed by atoms with Crippen LogP contribution in [0.25, 0.3) is 0 Å². The molecule has 0 radical (unpaired) electrons. The van der Waals surface area contributed by atoms with Gasteiger partial charge in [-0.25, -0.2) is 4.39 Å². The molecular formula is C15H22FNO. The van der Waals surface area contributed by atoms with Crippen molar-refractivity contribution in [2.45, 2.75) is 38.8 Å². The third-order valence-corrected chi connectivity index (χ3v) is 3.73. The summed E-state index contributed by atoms with van der Waals surface area (Å²) in [6, 6.07) is 5.41. The molecule has 1 heterocycles. The Kier molecular flexibility index (Phi) is 4.72. The summed E-state index contributed by atoms with van der Waals surface area (Å²) in [5.41, 5.74) is 1.93. The van der Waals surface area contributed by atoms with Gasteiger partial charge >= 0.3 is 0 Å². The fourth-order valence-corrected chi connectivity index (χ4v) is 2.58. The standard InChI is InChI=1S/C15H22FNO/c1-12-10-13(5-6-15(12)16)11-17-8-3-4-14(18-2)7-9-17/h5-6,10,14H,3-4,7-9,11H2,1-2H3. The van der Waals surface area contributed by atoms with Crippen LogP contribution in [0.4, 0.5) is 4.39 Å². The largest absolute Gasteiger partial charge is 0.381 e. The molecule has 0 bridgehead atoms. The number of methoxy groups -OCH3 is 1. The molecular weight excluding hydrogens is 229 g/mol. The molecule has 1 aliphatic heterocycles. The maximum atomic E-state index is 13.2. The van der Waals surface area contributed by atoms with Crippen molar-refractivity contribution in [3.8, 4) is 0 Å². The minimum Gasteiger partial charge on any atom is -0.381 e. The Balaban J connectivity index is 1.94. The van der Waals surface area contributed by atoms with Crippen molar-refractivity contribution in [3.63, 3.8) is 0 Å². The smallest absolute Gasteiger partial charge is 0.126 e. The van der Waals surface area contributed by atoms with E-state index in [1.165, 1.54) is 12.0 Å². The van der Waals surface area contributed by atoms with Crippen molar-refractivity contribution in [1.29, 1.82) is 0 Å². The van der Waals surface area contributed by atoms with Gasteiger partial charge in [0.25, 0.3) is 0 Å². The molecule has 2 nitrogen and oxygen atoms in total. The monoisotopic (exact) mass is 251 g/mol. The Bertz CT molecular complexity index is 394. The Labute approximate surface area is 109 Å². The zero-order valence-electron chi connectivity index (χ0n) is 11.3. The van der Waals surface area contributed by atoms with Crippen LogP contribution in [0, 0.1) is 12.7 Å². The average Bonchev–Trinajstić information content (AvgIpc) is 2.59. The highest BCUT2D eigenvalue weighted by atomic mass is 19.1. The van der Waals surface area contributed by atoms with Gasteiger partial charge in [-0.15, -0.1) is 0 Å². The van der Waals surface area contributed by atoms with Gasteiger partial charge in [0.1, 0.15) is 5.82 Å². The van der Waals surface area contributed by atoms with E-state index in [0.29, 0.717) is 6.10 Å². The maximum Gasteiger partial charge on any atom is 0.126 e. The van der Waals surface area contributed by atoms with E-state index in [-0.39, 0.29) is 5.82 Å². The second kappa shape index (κ2) is 6.30. The van der Waals surface area contributed by atoms with Gasteiger partial charge in [0, 0.05) is 20.2 Å². The number of benzene rings is 1. The minimum atomic E-state index is -0.117. The number of rotatable bonds is 3. The first-order valence-electron chi connectivity index (χ1n) is 6.69. The van der Waals surface area contributed by atoms with Gasteiger partial charge in [-0.3, -0.25) is 4.90 Å². The van der Waals surface area contributed by atoms with E-state index in [4.69, 9.17) is 4.74 Å². The third-order valence-electron chi connectivity index (χ3n) is 3.73. The lowest BCUT2D eigenvalue weighted by atomic mass is 10.1. The number of ether oxygens (including phenoxy) is 1. The molecule has 100 valence electrons. The summed E-state index contributed by atoms with van der Waals surface area (Å²) in [7, 11) is 1.80. The normalized spacial score (nSPS) is 21.8. The van der Waals surface area contributed by atoms with E-state index >= 15 is 0 Å². The fourth-order valence-electron chi connectivity index (χ4n) is 2.58. The van der Waals surface area contributed by atoms with Gasteiger partial charge in [0.05, 0.1) is 6.10 Å². The van der Waals surface area contributed by atoms with Crippen LogP contribution in [0.15, 0.2) is 18.2 Å². The van der Waals surface area contributed by atoms with Crippen LogP contribution in [0.2, 0.25) is 0 Å². The van der Waals surface area contributed by atoms with Crippen molar-refractivity contribution in [1.82, 2.24) is 4.90 Å². The van der Waals surface area contributed by atoms with Gasteiger partial charge in [0.15, 0.2) is 0 Å². The molecule has 1 aromatic carbocycles. The highest BCUT2D eigenvalue weighted by Crippen LogP contribution is 2.17. The lowest BCUT2D eigenvalue weighted by molar-refractivity contribution is 0.0895. The van der Waals surface area contributed by atoms with Gasteiger partial charge in [-0.1, -0.05) is 12.1 Å². The van der Waals surface area contributed by atoms with Gasteiger partial charge in [-0.2, -0.15) is 0 Å². The predicted octanol–water partition coefficient (Wildman–Crippen LogP) is 3.14. The number of nitrogens with zero attached hydrogens (tertiary/aromatic N) is 1. The molecule has 3 heteroatoms. The first-order valence-corrected chi connectivity index (χ1v) is 6.69. The van der Waals surface area contributed by atoms with Crippen molar-refractivity contribution in [2.24, 2.45) is 0 Å². The van der Waals surface area contributed by atoms with Crippen LogP contribution in [-0.4, -0.2) is 31.2 Å². The zero-order valence-corrected chi connectivity index (χ0v) is 11.3. The number of halogens is 1. The molecule has 0 saturated carbocycles. The van der Waals surface area contributed by atoms with Gasteiger partial charge in [-0.05, 0) is 49.9 Å². The van der Waals surface area contributed by atoms with Crippen LogP contribution in [0.1, 0.15) is 30.4 Å². The molecule has 0 amide bonds. The third kappa shape index (κ3) is 3.53. The molecule has 0 aromatic heterocycles. The van der Waals surface area contributed by atoms with E-state index in [2.05, 4.69) is 4.90 Å². The van der Waals surface area contributed by atoms with Gasteiger partial charge < -0.3 is 4.74 Å². The van der Waals surface area contributed by atoms with Crippen molar-refractivity contribution < 1.29 is 9.13 Å². The lowest BCUT2D eigenvalue weighted by Crippen LogP contribution is -2.24. The van der Waals surface area contributed by atoms with E-state index in [1.54, 1.807) is 13.2 Å². The highest BCUT2D eigenvalue weighted by molar-refractivity contribution is 5.23. The van der Waals surface area contributed by atoms with Crippen LogP contribution in [-0.2, 0) is 11.3 Å². The first-order chi connectivity index (χ1) is 8.69. The van der Waals surface area contributed by atoms with E-state index < -0.39 is 0 Å². The summed E-state index contributed by atoms with van der Waals surface area (Å²) in [5.74, 6) is -0.117. The Morgan fingerprint density at radius 2 is 2.17 bits per heavy atom. The van der Waals surface area contributed by atoms with Crippen LogP contribution < -0.4 is 0 Å². The summed E-state index contributed by atoms with van der Waals surface area (Å²) in [4.78, 5) is 2.44. The fraction of sp³-hybridized carbons (Fsp3) is 0.600. The Hall–Kier alpha value is -0.930. The molecule has 18 heavy (non-hydrogen) atoms. The maximum absolute atomic E-state index is 13.2. The summed E-state index contributed by atoms with van der Waals surface area (Å²) >= 11 is 0. The Morgan fingerprint density at radius 1 is 1.33 bits per heavy atom. The molecule has 1 aromatic rings. The first kappa shape index (κ1) is 13.5.